The van der Waals surface area contributed by atoms with Gasteiger partial charge in [-0.2, -0.15) is 0 Å². The molecule has 4 nitrogen and oxygen atoms in total. The van der Waals surface area contributed by atoms with E-state index in [0.717, 1.165) is 22.6 Å². The largest absolute Gasteiger partial charge is 0.494 e. The highest BCUT2D eigenvalue weighted by atomic mass is 16.5. The summed E-state index contributed by atoms with van der Waals surface area (Å²) in [6.45, 7) is 2.37. The zero-order chi connectivity index (χ0) is 16.8. The third-order valence-corrected chi connectivity index (χ3v) is 3.75. The number of aliphatic carboxylic acids is 1. The molecule has 122 valence electrons. The third kappa shape index (κ3) is 4.74. The Hall–Kier alpha value is -2.49. The van der Waals surface area contributed by atoms with E-state index in [9.17, 15) is 9.90 Å². The van der Waals surface area contributed by atoms with E-state index >= 15 is 0 Å². The second-order valence-corrected chi connectivity index (χ2v) is 5.83. The number of carboxylic acid groups (broad SMARTS) is 1. The third-order valence-electron chi connectivity index (χ3n) is 3.75. The Labute approximate surface area is 137 Å². The van der Waals surface area contributed by atoms with Gasteiger partial charge in [-0.1, -0.05) is 24.3 Å². The minimum atomic E-state index is -0.825. The molecule has 23 heavy (non-hydrogen) atoms. The first-order valence-electron chi connectivity index (χ1n) is 7.67. The standard InChI is InChI=1S/C19H23NO3/c1-14-6-4-9-17(12-14)23-11-10-18(19(21)22)15-7-5-8-16(13-15)20(2)3/h4-9,12-13,18H,10-11H2,1-3H3,(H,21,22). The van der Waals surface area contributed by atoms with Crippen LogP contribution in [0.15, 0.2) is 48.5 Å². The van der Waals surface area contributed by atoms with Crippen LogP contribution >= 0.6 is 0 Å². The van der Waals surface area contributed by atoms with Crippen molar-refractivity contribution in [3.63, 3.8) is 0 Å². The molecule has 4 heteroatoms. The second-order valence-electron chi connectivity index (χ2n) is 5.83. The summed E-state index contributed by atoms with van der Waals surface area (Å²) < 4.78 is 5.69. The number of ether oxygens (including phenoxy) is 1. The Bertz CT molecular complexity index is 667. The van der Waals surface area contributed by atoms with Crippen LogP contribution in [-0.4, -0.2) is 31.8 Å². The fourth-order valence-electron chi connectivity index (χ4n) is 2.45. The molecule has 0 amide bonds. The number of benzene rings is 2. The van der Waals surface area contributed by atoms with Gasteiger partial charge >= 0.3 is 5.97 Å². The van der Waals surface area contributed by atoms with Crippen molar-refractivity contribution in [2.24, 2.45) is 0 Å². The molecule has 0 heterocycles. The predicted octanol–water partition coefficient (Wildman–Crippen LogP) is 3.70. The molecule has 0 radical (unpaired) electrons. The number of nitrogens with zero attached hydrogens (tertiary/aromatic N) is 1. The highest BCUT2D eigenvalue weighted by Crippen LogP contribution is 2.24. The maximum absolute atomic E-state index is 11.6. The lowest BCUT2D eigenvalue weighted by molar-refractivity contribution is -0.139. The monoisotopic (exact) mass is 313 g/mol. The first kappa shape index (κ1) is 16.9. The zero-order valence-electron chi connectivity index (χ0n) is 13.8. The normalized spacial score (nSPS) is 11.8. The van der Waals surface area contributed by atoms with Crippen molar-refractivity contribution >= 4 is 11.7 Å². The van der Waals surface area contributed by atoms with Crippen LogP contribution in [0.3, 0.4) is 0 Å². The van der Waals surface area contributed by atoms with Gasteiger partial charge in [0.05, 0.1) is 12.5 Å². The van der Waals surface area contributed by atoms with Gasteiger partial charge in [0.1, 0.15) is 5.75 Å². The van der Waals surface area contributed by atoms with Crippen LogP contribution in [0.5, 0.6) is 5.75 Å². The van der Waals surface area contributed by atoms with E-state index < -0.39 is 11.9 Å². The van der Waals surface area contributed by atoms with E-state index in [1.54, 1.807) is 0 Å². The molecule has 2 rings (SSSR count). The molecular weight excluding hydrogens is 290 g/mol. The van der Waals surface area contributed by atoms with Crippen molar-refractivity contribution in [2.75, 3.05) is 25.6 Å². The number of aryl methyl sites for hydroxylation is 1. The van der Waals surface area contributed by atoms with E-state index in [1.807, 2.05) is 74.4 Å². The highest BCUT2D eigenvalue weighted by molar-refractivity contribution is 5.76. The number of hydrogen-bond acceptors (Lipinski definition) is 3. The van der Waals surface area contributed by atoms with Gasteiger partial charge in [0, 0.05) is 19.8 Å². The van der Waals surface area contributed by atoms with Gasteiger partial charge in [0.25, 0.3) is 0 Å². The van der Waals surface area contributed by atoms with Crippen molar-refractivity contribution in [2.45, 2.75) is 19.3 Å². The molecule has 0 saturated heterocycles. The average molecular weight is 313 g/mol. The Balaban J connectivity index is 2.04. The van der Waals surface area contributed by atoms with Gasteiger partial charge in [-0.05, 0) is 48.7 Å². The number of anilines is 1. The maximum Gasteiger partial charge on any atom is 0.311 e. The van der Waals surface area contributed by atoms with Crippen LogP contribution in [0.4, 0.5) is 5.69 Å². The molecule has 2 aromatic carbocycles. The number of rotatable bonds is 7. The van der Waals surface area contributed by atoms with Gasteiger partial charge < -0.3 is 14.7 Å². The topological polar surface area (TPSA) is 49.8 Å². The summed E-state index contributed by atoms with van der Waals surface area (Å²) >= 11 is 0. The molecule has 2 aromatic rings. The number of carbonyl (C=O) groups is 1. The van der Waals surface area contributed by atoms with Crippen LogP contribution in [0.25, 0.3) is 0 Å². The Morgan fingerprint density at radius 2 is 1.91 bits per heavy atom. The van der Waals surface area contributed by atoms with Gasteiger partial charge in [-0.25, -0.2) is 0 Å². The smallest absolute Gasteiger partial charge is 0.311 e. The quantitative estimate of drug-likeness (QED) is 0.847. The van der Waals surface area contributed by atoms with Crippen LogP contribution in [0, 0.1) is 6.92 Å². The van der Waals surface area contributed by atoms with Crippen molar-refractivity contribution in [3.05, 3.63) is 59.7 Å². The number of carboxylic acids is 1. The average Bonchev–Trinajstić information content (AvgIpc) is 2.51. The highest BCUT2D eigenvalue weighted by Gasteiger charge is 2.20. The van der Waals surface area contributed by atoms with E-state index in [0.29, 0.717) is 13.0 Å². The summed E-state index contributed by atoms with van der Waals surface area (Å²) in [5.41, 5.74) is 2.92. The molecule has 1 unspecified atom stereocenters. The van der Waals surface area contributed by atoms with Crippen molar-refractivity contribution in [1.82, 2.24) is 0 Å². The fraction of sp³-hybridized carbons (Fsp3) is 0.316. The first-order chi connectivity index (χ1) is 11.0. The summed E-state index contributed by atoms with van der Waals surface area (Å²) in [5, 5.41) is 9.53. The second kappa shape index (κ2) is 7.68. The van der Waals surface area contributed by atoms with Crippen molar-refractivity contribution < 1.29 is 14.6 Å². The van der Waals surface area contributed by atoms with Crippen LogP contribution in [0.1, 0.15) is 23.5 Å². The summed E-state index contributed by atoms with van der Waals surface area (Å²) in [4.78, 5) is 13.6. The molecule has 0 spiro atoms. The lowest BCUT2D eigenvalue weighted by atomic mass is 9.95. The molecule has 0 fully saturated rings. The Morgan fingerprint density at radius 1 is 1.17 bits per heavy atom. The SMILES string of the molecule is Cc1cccc(OCCC(C(=O)O)c2cccc(N(C)C)c2)c1. The zero-order valence-corrected chi connectivity index (χ0v) is 13.8. The molecule has 0 saturated carbocycles. The molecule has 0 aliphatic heterocycles. The van der Waals surface area contributed by atoms with E-state index in [1.165, 1.54) is 0 Å². The van der Waals surface area contributed by atoms with E-state index in [2.05, 4.69) is 0 Å². The van der Waals surface area contributed by atoms with Gasteiger partial charge in [0.15, 0.2) is 0 Å². The van der Waals surface area contributed by atoms with Crippen molar-refractivity contribution in [1.29, 1.82) is 0 Å². The van der Waals surface area contributed by atoms with Gasteiger partial charge in [-0.15, -0.1) is 0 Å². The maximum atomic E-state index is 11.6. The summed E-state index contributed by atoms with van der Waals surface area (Å²) in [5.74, 6) is -0.621. The summed E-state index contributed by atoms with van der Waals surface area (Å²) in [6, 6.07) is 15.4. The summed E-state index contributed by atoms with van der Waals surface area (Å²) in [6.07, 6.45) is 0.431. The molecule has 0 aliphatic rings. The van der Waals surface area contributed by atoms with E-state index in [4.69, 9.17) is 4.74 Å². The van der Waals surface area contributed by atoms with Crippen LogP contribution in [-0.2, 0) is 4.79 Å². The fourth-order valence-corrected chi connectivity index (χ4v) is 2.45. The van der Waals surface area contributed by atoms with Crippen LogP contribution < -0.4 is 9.64 Å². The first-order valence-corrected chi connectivity index (χ1v) is 7.67. The minimum Gasteiger partial charge on any atom is -0.494 e. The minimum absolute atomic E-state index is 0.368. The Kier molecular flexibility index (Phi) is 5.63. The van der Waals surface area contributed by atoms with Crippen LogP contribution in [0.2, 0.25) is 0 Å². The van der Waals surface area contributed by atoms with Gasteiger partial charge in [-0.3, -0.25) is 4.79 Å². The molecule has 1 N–H and O–H groups in total. The molecule has 0 aliphatic carbocycles. The molecule has 0 aromatic heterocycles. The van der Waals surface area contributed by atoms with E-state index in [-0.39, 0.29) is 0 Å². The molecular formula is C19H23NO3. The van der Waals surface area contributed by atoms with Gasteiger partial charge in [0.2, 0.25) is 0 Å². The lowest BCUT2D eigenvalue weighted by Crippen LogP contribution is -2.16. The lowest BCUT2D eigenvalue weighted by Gasteiger charge is -2.17. The predicted molar refractivity (Wildman–Crippen MR) is 92.4 cm³/mol. The molecule has 0 bridgehead atoms. The summed E-state index contributed by atoms with van der Waals surface area (Å²) in [7, 11) is 3.88. The Morgan fingerprint density at radius 3 is 2.57 bits per heavy atom. The number of hydrogen-bond donors (Lipinski definition) is 1. The molecule has 1 atom stereocenters. The van der Waals surface area contributed by atoms with Crippen molar-refractivity contribution in [3.8, 4) is 5.75 Å².